The first-order valence-corrected chi connectivity index (χ1v) is 8.12. The number of aliphatic carboxylic acids is 1. The summed E-state index contributed by atoms with van der Waals surface area (Å²) in [7, 11) is -3.74. The molecule has 0 aliphatic carbocycles. The number of carbonyl (C=O) groups excluding carboxylic acids is 1. The molecule has 9 heteroatoms. The second kappa shape index (κ2) is 6.06. The Morgan fingerprint density at radius 1 is 1.30 bits per heavy atom. The van der Waals surface area contributed by atoms with Gasteiger partial charge in [0, 0.05) is 19.6 Å². The number of hydrogen-bond acceptors (Lipinski definition) is 4. The zero-order chi connectivity index (χ0) is 14.8. The highest BCUT2D eigenvalue weighted by Crippen LogP contribution is 2.19. The molecule has 20 heavy (non-hydrogen) atoms. The number of piperidine rings is 2. The van der Waals surface area contributed by atoms with Crippen LogP contribution in [0.3, 0.4) is 0 Å². The summed E-state index contributed by atoms with van der Waals surface area (Å²) >= 11 is 0. The van der Waals surface area contributed by atoms with Crippen LogP contribution in [0.25, 0.3) is 0 Å². The molecular formula is C11H19N3O5S. The number of nitrogens with one attached hydrogen (secondary N) is 2. The number of rotatable bonds is 4. The summed E-state index contributed by atoms with van der Waals surface area (Å²) in [6.07, 6.45) is 1.82. The van der Waals surface area contributed by atoms with Crippen LogP contribution < -0.4 is 10.0 Å². The molecule has 2 aliphatic heterocycles. The molecule has 2 fully saturated rings. The average molecular weight is 305 g/mol. The molecule has 0 radical (unpaired) electrons. The van der Waals surface area contributed by atoms with E-state index in [1.165, 1.54) is 4.31 Å². The predicted octanol–water partition coefficient (Wildman–Crippen LogP) is -1.10. The van der Waals surface area contributed by atoms with Gasteiger partial charge in [0.05, 0.1) is 5.92 Å². The van der Waals surface area contributed by atoms with E-state index in [0.717, 1.165) is 6.42 Å². The fourth-order valence-corrected chi connectivity index (χ4v) is 3.91. The summed E-state index contributed by atoms with van der Waals surface area (Å²) in [4.78, 5) is 22.4. The van der Waals surface area contributed by atoms with Gasteiger partial charge in [-0.25, -0.2) is 0 Å². The van der Waals surface area contributed by atoms with Crippen LogP contribution in [0.1, 0.15) is 25.7 Å². The normalized spacial score (nSPS) is 26.2. The molecule has 2 saturated heterocycles. The molecule has 0 bridgehead atoms. The van der Waals surface area contributed by atoms with E-state index in [2.05, 4.69) is 10.0 Å². The molecule has 1 unspecified atom stereocenters. The van der Waals surface area contributed by atoms with Crippen molar-refractivity contribution in [1.29, 1.82) is 0 Å². The lowest BCUT2D eigenvalue weighted by Crippen LogP contribution is -2.55. The number of amides is 1. The van der Waals surface area contributed by atoms with Gasteiger partial charge in [-0.05, 0) is 25.7 Å². The smallest absolute Gasteiger partial charge is 0.306 e. The maximum atomic E-state index is 12.2. The number of carbonyl (C=O) groups is 2. The average Bonchev–Trinajstić information content (AvgIpc) is 2.41. The van der Waals surface area contributed by atoms with E-state index in [9.17, 15) is 18.0 Å². The fraction of sp³-hybridized carbons (Fsp3) is 0.818. The minimum Gasteiger partial charge on any atom is -0.481 e. The lowest BCUT2D eigenvalue weighted by atomic mass is 9.99. The van der Waals surface area contributed by atoms with Crippen LogP contribution in [0.15, 0.2) is 0 Å². The minimum absolute atomic E-state index is 0.167. The van der Waals surface area contributed by atoms with E-state index < -0.39 is 28.1 Å². The maximum Gasteiger partial charge on any atom is 0.306 e. The van der Waals surface area contributed by atoms with E-state index in [1.54, 1.807) is 0 Å². The van der Waals surface area contributed by atoms with Gasteiger partial charge in [0.25, 0.3) is 10.2 Å². The van der Waals surface area contributed by atoms with Crippen LogP contribution in [0.4, 0.5) is 0 Å². The molecule has 3 N–H and O–H groups in total. The molecule has 2 heterocycles. The molecule has 0 spiro atoms. The van der Waals surface area contributed by atoms with Crippen molar-refractivity contribution in [3.63, 3.8) is 0 Å². The third-order valence-electron chi connectivity index (χ3n) is 3.72. The van der Waals surface area contributed by atoms with Gasteiger partial charge in [-0.15, -0.1) is 0 Å². The second-order valence-corrected chi connectivity index (χ2v) is 6.82. The van der Waals surface area contributed by atoms with Crippen molar-refractivity contribution in [2.75, 3.05) is 19.6 Å². The van der Waals surface area contributed by atoms with Crippen molar-refractivity contribution in [2.24, 2.45) is 5.92 Å². The first-order chi connectivity index (χ1) is 9.40. The van der Waals surface area contributed by atoms with E-state index in [0.29, 0.717) is 25.8 Å². The molecule has 8 nitrogen and oxygen atoms in total. The Hall–Kier alpha value is -1.19. The molecule has 114 valence electrons. The SMILES string of the molecule is O=C(O)C1CCN(S(=O)(=O)NC2CCCNC2=O)CC1. The quantitative estimate of drug-likeness (QED) is 0.609. The largest absolute Gasteiger partial charge is 0.481 e. The maximum absolute atomic E-state index is 12.2. The number of nitrogens with zero attached hydrogens (tertiary/aromatic N) is 1. The van der Waals surface area contributed by atoms with Gasteiger partial charge in [-0.2, -0.15) is 17.4 Å². The van der Waals surface area contributed by atoms with Gasteiger partial charge < -0.3 is 10.4 Å². The Balaban J connectivity index is 1.94. The van der Waals surface area contributed by atoms with Crippen LogP contribution in [-0.2, 0) is 19.8 Å². The van der Waals surface area contributed by atoms with Crippen molar-refractivity contribution in [2.45, 2.75) is 31.7 Å². The van der Waals surface area contributed by atoms with Crippen LogP contribution >= 0.6 is 0 Å². The van der Waals surface area contributed by atoms with E-state index in [-0.39, 0.29) is 19.0 Å². The van der Waals surface area contributed by atoms with Crippen molar-refractivity contribution in [1.82, 2.24) is 14.3 Å². The molecular weight excluding hydrogens is 286 g/mol. The standard InChI is InChI=1S/C11H19N3O5S/c15-10-9(2-1-5-12-10)13-20(18,19)14-6-3-8(4-7-14)11(16)17/h8-9,13H,1-7H2,(H,12,15)(H,16,17). The molecule has 0 saturated carbocycles. The van der Waals surface area contributed by atoms with Crippen LogP contribution in [0, 0.1) is 5.92 Å². The highest BCUT2D eigenvalue weighted by Gasteiger charge is 2.34. The predicted molar refractivity (Wildman–Crippen MR) is 70.0 cm³/mol. The van der Waals surface area contributed by atoms with Gasteiger partial charge in [-0.3, -0.25) is 9.59 Å². The third-order valence-corrected chi connectivity index (χ3v) is 5.35. The summed E-state index contributed by atoms with van der Waals surface area (Å²) in [5, 5.41) is 11.5. The topological polar surface area (TPSA) is 116 Å². The molecule has 0 aromatic heterocycles. The van der Waals surface area contributed by atoms with Gasteiger partial charge in [0.1, 0.15) is 6.04 Å². The highest BCUT2D eigenvalue weighted by atomic mass is 32.2. The molecule has 2 aliphatic rings. The van der Waals surface area contributed by atoms with Crippen molar-refractivity contribution >= 4 is 22.1 Å². The molecule has 2 rings (SSSR count). The number of carboxylic acids is 1. The number of hydrogen-bond donors (Lipinski definition) is 3. The van der Waals surface area contributed by atoms with Crippen LogP contribution in [0.2, 0.25) is 0 Å². The van der Waals surface area contributed by atoms with Crippen molar-refractivity contribution in [3.8, 4) is 0 Å². The summed E-state index contributed by atoms with van der Waals surface area (Å²) in [6, 6.07) is -0.731. The molecule has 0 aromatic rings. The van der Waals surface area contributed by atoms with E-state index >= 15 is 0 Å². The van der Waals surface area contributed by atoms with E-state index in [4.69, 9.17) is 5.11 Å². The first kappa shape index (κ1) is 15.2. The molecule has 1 amide bonds. The Morgan fingerprint density at radius 3 is 2.50 bits per heavy atom. The van der Waals surface area contributed by atoms with Crippen LogP contribution in [0.5, 0.6) is 0 Å². The first-order valence-electron chi connectivity index (χ1n) is 6.68. The van der Waals surface area contributed by atoms with E-state index in [1.807, 2.05) is 0 Å². The summed E-state index contributed by atoms with van der Waals surface area (Å²) in [5.74, 6) is -1.68. The number of carboxylic acid groups (broad SMARTS) is 1. The Bertz CT molecular complexity index is 484. The van der Waals surface area contributed by atoms with Gasteiger partial charge in [0.15, 0.2) is 0 Å². The molecule has 1 atom stereocenters. The summed E-state index contributed by atoms with van der Waals surface area (Å²) < 4.78 is 27.9. The lowest BCUT2D eigenvalue weighted by molar-refractivity contribution is -0.142. The van der Waals surface area contributed by atoms with Crippen molar-refractivity contribution < 1.29 is 23.1 Å². The third kappa shape index (κ3) is 3.47. The van der Waals surface area contributed by atoms with Crippen LogP contribution in [-0.4, -0.2) is 55.4 Å². The second-order valence-electron chi connectivity index (χ2n) is 5.12. The zero-order valence-corrected chi connectivity index (χ0v) is 11.9. The Kier molecular flexibility index (Phi) is 4.61. The Morgan fingerprint density at radius 2 is 1.95 bits per heavy atom. The summed E-state index contributed by atoms with van der Waals surface area (Å²) in [6.45, 7) is 0.905. The zero-order valence-electron chi connectivity index (χ0n) is 11.0. The van der Waals surface area contributed by atoms with Gasteiger partial charge >= 0.3 is 5.97 Å². The highest BCUT2D eigenvalue weighted by molar-refractivity contribution is 7.87. The van der Waals surface area contributed by atoms with Gasteiger partial charge in [-0.1, -0.05) is 0 Å². The fourth-order valence-electron chi connectivity index (χ4n) is 2.48. The minimum atomic E-state index is -3.74. The lowest BCUT2D eigenvalue weighted by Gasteiger charge is -2.31. The Labute approximate surface area is 117 Å². The summed E-state index contributed by atoms with van der Waals surface area (Å²) in [5.41, 5.74) is 0. The molecule has 0 aromatic carbocycles. The van der Waals surface area contributed by atoms with Crippen molar-refractivity contribution in [3.05, 3.63) is 0 Å². The van der Waals surface area contributed by atoms with Gasteiger partial charge in [0.2, 0.25) is 5.91 Å². The monoisotopic (exact) mass is 305 g/mol.